The minimum atomic E-state index is 0.527. The van der Waals surface area contributed by atoms with Gasteiger partial charge in [-0.3, -0.25) is 0 Å². The van der Waals surface area contributed by atoms with Crippen LogP contribution in [0.5, 0.6) is 0 Å². The van der Waals surface area contributed by atoms with Gasteiger partial charge in [0.25, 0.3) is 0 Å². The lowest BCUT2D eigenvalue weighted by molar-refractivity contribution is 0.125. The summed E-state index contributed by atoms with van der Waals surface area (Å²) in [4.78, 5) is 0. The molecule has 2 rings (SSSR count). The molecule has 2 unspecified atom stereocenters. The maximum atomic E-state index is 5.33. The summed E-state index contributed by atoms with van der Waals surface area (Å²) in [6.07, 6.45) is 0. The van der Waals surface area contributed by atoms with Crippen LogP contribution in [0.15, 0.2) is 0 Å². The summed E-state index contributed by atoms with van der Waals surface area (Å²) >= 11 is 0. The fourth-order valence-corrected chi connectivity index (χ4v) is 2.52. The molecule has 58 valence electrons. The Kier molecular flexibility index (Phi) is 1.17. The van der Waals surface area contributed by atoms with Crippen LogP contribution in [0.2, 0.25) is 0 Å². The van der Waals surface area contributed by atoms with Crippen molar-refractivity contribution in [3.63, 3.8) is 0 Å². The molecule has 0 bridgehead atoms. The predicted octanol–water partition coefficient (Wildman–Crippen LogP) is 1.92. The third kappa shape index (κ3) is 0.800. The van der Waals surface area contributed by atoms with Crippen molar-refractivity contribution in [3.8, 4) is 0 Å². The number of hydrogen-bond donors (Lipinski definition) is 0. The average Bonchev–Trinajstić information content (AvgIpc) is 2.30. The smallest absolute Gasteiger partial charge is 0.0501 e. The third-order valence-corrected chi connectivity index (χ3v) is 2.95. The van der Waals surface area contributed by atoms with Crippen molar-refractivity contribution in [2.24, 2.45) is 23.2 Å². The van der Waals surface area contributed by atoms with Gasteiger partial charge in [-0.15, -0.1) is 0 Å². The second kappa shape index (κ2) is 1.76. The van der Waals surface area contributed by atoms with Crippen molar-refractivity contribution >= 4 is 0 Å². The molecule has 0 amide bonds. The van der Waals surface area contributed by atoms with Crippen LogP contribution in [0, 0.1) is 23.2 Å². The Morgan fingerprint density at radius 3 is 1.90 bits per heavy atom. The van der Waals surface area contributed by atoms with E-state index in [0.29, 0.717) is 5.41 Å². The molecule has 0 spiro atoms. The Bertz CT molecular complexity index is 135. The largest absolute Gasteiger partial charge is 0.381 e. The summed E-state index contributed by atoms with van der Waals surface area (Å²) < 4.78 is 5.33. The highest BCUT2D eigenvalue weighted by Crippen LogP contribution is 2.58. The summed E-state index contributed by atoms with van der Waals surface area (Å²) in [6.45, 7) is 9.10. The highest BCUT2D eigenvalue weighted by molar-refractivity contribution is 5.05. The van der Waals surface area contributed by atoms with Crippen LogP contribution >= 0.6 is 0 Å². The van der Waals surface area contributed by atoms with E-state index < -0.39 is 0 Å². The summed E-state index contributed by atoms with van der Waals surface area (Å²) in [5.41, 5.74) is 0.527. The monoisotopic (exact) mass is 140 g/mol. The van der Waals surface area contributed by atoms with Crippen LogP contribution in [0.4, 0.5) is 0 Å². The standard InChI is InChI=1S/C9H16O/c1-9(2,3)8-6-4-10-5-7(6)8/h6-8H,4-5H2,1-3H3/t6-,7?,8?/m1/s1. The van der Waals surface area contributed by atoms with E-state index in [1.54, 1.807) is 0 Å². The van der Waals surface area contributed by atoms with E-state index in [2.05, 4.69) is 20.8 Å². The van der Waals surface area contributed by atoms with Gasteiger partial charge in [-0.1, -0.05) is 20.8 Å². The van der Waals surface area contributed by atoms with Crippen LogP contribution in [-0.2, 0) is 4.74 Å². The zero-order valence-electron chi connectivity index (χ0n) is 7.05. The summed E-state index contributed by atoms with van der Waals surface area (Å²) in [5.74, 6) is 2.79. The van der Waals surface area contributed by atoms with Crippen molar-refractivity contribution in [2.45, 2.75) is 20.8 Å². The number of hydrogen-bond acceptors (Lipinski definition) is 1. The minimum Gasteiger partial charge on any atom is -0.381 e. The molecule has 1 saturated carbocycles. The highest BCUT2D eigenvalue weighted by atomic mass is 16.5. The maximum Gasteiger partial charge on any atom is 0.0501 e. The lowest BCUT2D eigenvalue weighted by Gasteiger charge is -2.20. The van der Waals surface area contributed by atoms with Crippen molar-refractivity contribution in [1.82, 2.24) is 0 Å². The first kappa shape index (κ1) is 6.66. The molecule has 0 aromatic heterocycles. The van der Waals surface area contributed by atoms with Crippen LogP contribution in [0.3, 0.4) is 0 Å². The molecular weight excluding hydrogens is 124 g/mol. The topological polar surface area (TPSA) is 9.23 Å². The molecule has 2 aliphatic rings. The Hall–Kier alpha value is -0.0400. The lowest BCUT2D eigenvalue weighted by atomic mass is 9.88. The van der Waals surface area contributed by atoms with E-state index in [1.807, 2.05) is 0 Å². The fraction of sp³-hybridized carbons (Fsp3) is 1.00. The zero-order valence-corrected chi connectivity index (χ0v) is 7.05. The Morgan fingerprint density at radius 1 is 1.10 bits per heavy atom. The van der Waals surface area contributed by atoms with Crippen LogP contribution < -0.4 is 0 Å². The van der Waals surface area contributed by atoms with Gasteiger partial charge in [0.2, 0.25) is 0 Å². The first-order chi connectivity index (χ1) is 4.61. The van der Waals surface area contributed by atoms with Gasteiger partial charge in [0.15, 0.2) is 0 Å². The molecular formula is C9H16O. The molecule has 0 aromatic carbocycles. The van der Waals surface area contributed by atoms with E-state index in [1.165, 1.54) is 0 Å². The molecule has 0 radical (unpaired) electrons. The van der Waals surface area contributed by atoms with E-state index in [-0.39, 0.29) is 0 Å². The SMILES string of the molecule is CC(C)(C)C1C2COC[C@H]21. The third-order valence-electron chi connectivity index (χ3n) is 2.95. The Labute approximate surface area is 62.8 Å². The second-order valence-corrected chi connectivity index (χ2v) is 4.76. The molecule has 2 fully saturated rings. The van der Waals surface area contributed by atoms with E-state index in [9.17, 15) is 0 Å². The first-order valence-corrected chi connectivity index (χ1v) is 4.18. The summed E-state index contributed by atoms with van der Waals surface area (Å²) in [5, 5.41) is 0. The Morgan fingerprint density at radius 2 is 1.60 bits per heavy atom. The van der Waals surface area contributed by atoms with Crippen LogP contribution in [0.25, 0.3) is 0 Å². The number of fused-ring (bicyclic) bond motifs is 1. The lowest BCUT2D eigenvalue weighted by Crippen LogP contribution is -2.14. The molecule has 1 heteroatoms. The summed E-state index contributed by atoms with van der Waals surface area (Å²) in [6, 6.07) is 0. The molecule has 1 aliphatic heterocycles. The number of ether oxygens (including phenoxy) is 1. The fourth-order valence-electron chi connectivity index (χ4n) is 2.52. The summed E-state index contributed by atoms with van der Waals surface area (Å²) in [7, 11) is 0. The van der Waals surface area contributed by atoms with Gasteiger partial charge in [0.05, 0.1) is 13.2 Å². The molecule has 10 heavy (non-hydrogen) atoms. The minimum absolute atomic E-state index is 0.527. The van der Waals surface area contributed by atoms with Gasteiger partial charge in [-0.05, 0) is 23.2 Å². The highest BCUT2D eigenvalue weighted by Gasteiger charge is 2.58. The van der Waals surface area contributed by atoms with Crippen molar-refractivity contribution in [2.75, 3.05) is 13.2 Å². The normalized spacial score (nSPS) is 45.3. The average molecular weight is 140 g/mol. The van der Waals surface area contributed by atoms with Gasteiger partial charge < -0.3 is 4.74 Å². The van der Waals surface area contributed by atoms with Crippen molar-refractivity contribution in [1.29, 1.82) is 0 Å². The predicted molar refractivity (Wildman–Crippen MR) is 40.7 cm³/mol. The van der Waals surface area contributed by atoms with E-state index >= 15 is 0 Å². The van der Waals surface area contributed by atoms with Crippen LogP contribution in [-0.4, -0.2) is 13.2 Å². The van der Waals surface area contributed by atoms with Gasteiger partial charge in [-0.25, -0.2) is 0 Å². The van der Waals surface area contributed by atoms with Crippen LogP contribution in [0.1, 0.15) is 20.8 Å². The van der Waals surface area contributed by atoms with Crippen molar-refractivity contribution < 1.29 is 4.74 Å². The van der Waals surface area contributed by atoms with Gasteiger partial charge >= 0.3 is 0 Å². The van der Waals surface area contributed by atoms with Gasteiger partial charge in [-0.2, -0.15) is 0 Å². The Balaban J connectivity index is 2.01. The molecule has 1 saturated heterocycles. The molecule has 3 atom stereocenters. The second-order valence-electron chi connectivity index (χ2n) is 4.76. The van der Waals surface area contributed by atoms with E-state index in [4.69, 9.17) is 4.74 Å². The van der Waals surface area contributed by atoms with Gasteiger partial charge in [0.1, 0.15) is 0 Å². The van der Waals surface area contributed by atoms with Crippen molar-refractivity contribution in [3.05, 3.63) is 0 Å². The molecule has 1 aliphatic carbocycles. The molecule has 1 heterocycles. The quantitative estimate of drug-likeness (QED) is 0.499. The zero-order chi connectivity index (χ0) is 7.35. The van der Waals surface area contributed by atoms with E-state index in [0.717, 1.165) is 31.0 Å². The molecule has 0 aromatic rings. The molecule has 0 N–H and O–H groups in total. The van der Waals surface area contributed by atoms with Gasteiger partial charge in [0, 0.05) is 0 Å². The number of rotatable bonds is 0. The maximum absolute atomic E-state index is 5.33. The first-order valence-electron chi connectivity index (χ1n) is 4.18. The molecule has 1 nitrogen and oxygen atoms in total.